The lowest BCUT2D eigenvalue weighted by Gasteiger charge is -2.27. The van der Waals surface area contributed by atoms with Gasteiger partial charge in [0.2, 0.25) is 0 Å². The Morgan fingerprint density at radius 2 is 1.88 bits per heavy atom. The maximum Gasteiger partial charge on any atom is 0.0964 e. The third kappa shape index (κ3) is 3.75. The molecule has 1 aromatic rings. The van der Waals surface area contributed by atoms with Crippen LogP contribution in [-0.4, -0.2) is 50.7 Å². The fourth-order valence-corrected chi connectivity index (χ4v) is 2.24. The molecule has 0 aromatic heterocycles. The molecule has 1 saturated heterocycles. The van der Waals surface area contributed by atoms with E-state index < -0.39 is 0 Å². The third-order valence-corrected chi connectivity index (χ3v) is 3.82. The van der Waals surface area contributed by atoms with Gasteiger partial charge in [0, 0.05) is 4.90 Å². The summed E-state index contributed by atoms with van der Waals surface area (Å²) in [6, 6.07) is 8.52. The van der Waals surface area contributed by atoms with Crippen LogP contribution in [0.25, 0.3) is 0 Å². The third-order valence-electron chi connectivity index (χ3n) is 3.08. The molecule has 0 unspecified atom stereocenters. The quantitative estimate of drug-likeness (QED) is 0.625. The van der Waals surface area contributed by atoms with Crippen molar-refractivity contribution in [2.45, 2.75) is 4.90 Å². The Kier molecular flexibility index (Phi) is 4.45. The van der Waals surface area contributed by atoms with Crippen molar-refractivity contribution in [3.8, 4) is 0 Å². The van der Waals surface area contributed by atoms with E-state index in [1.54, 1.807) is 16.7 Å². The van der Waals surface area contributed by atoms with E-state index >= 15 is 0 Å². The van der Waals surface area contributed by atoms with Crippen molar-refractivity contribution >= 4 is 18.0 Å². The summed E-state index contributed by atoms with van der Waals surface area (Å²) in [7, 11) is 2.24. The van der Waals surface area contributed by atoms with E-state index in [0.29, 0.717) is 0 Å². The largest absolute Gasteiger partial charge is 0.334 e. The Morgan fingerprint density at radius 1 is 1.24 bits per heavy atom. The topological polar surface area (TPSA) is 20.0 Å². The van der Waals surface area contributed by atoms with E-state index in [-0.39, 0.29) is 0 Å². The summed E-state index contributed by atoms with van der Waals surface area (Å²) in [6.45, 7) is 4.49. The van der Waals surface area contributed by atoms with Crippen LogP contribution in [0, 0.1) is 0 Å². The molecule has 17 heavy (non-hydrogen) atoms. The van der Waals surface area contributed by atoms with Crippen LogP contribution < -0.4 is 4.90 Å². The van der Waals surface area contributed by atoms with Gasteiger partial charge in [-0.15, -0.1) is 11.8 Å². The fraction of sp³-hybridized carbons (Fsp3) is 0.462. The van der Waals surface area contributed by atoms with E-state index in [9.17, 15) is 0 Å². The second kappa shape index (κ2) is 6.07. The predicted molar refractivity (Wildman–Crippen MR) is 74.0 cm³/mol. The number of benzene rings is 1. The Morgan fingerprint density at radius 3 is 2.47 bits per heavy atom. The van der Waals surface area contributed by atoms with Gasteiger partial charge in [0.05, 0.1) is 39.4 Å². The predicted octanol–water partition coefficient (Wildman–Crippen LogP) is 0.573. The van der Waals surface area contributed by atoms with Crippen molar-refractivity contribution in [3.05, 3.63) is 29.8 Å². The summed E-state index contributed by atoms with van der Waals surface area (Å²) in [5, 5.41) is 6.69. The van der Waals surface area contributed by atoms with Crippen LogP contribution in [0.4, 0.5) is 0 Å². The first-order valence-electron chi connectivity index (χ1n) is 6.02. The molecule has 1 aromatic carbocycles. The summed E-state index contributed by atoms with van der Waals surface area (Å²) in [5.41, 5.74) is 1.18. The summed E-state index contributed by atoms with van der Waals surface area (Å²) in [6.07, 6.45) is 4.06. The summed E-state index contributed by atoms with van der Waals surface area (Å²) in [5.74, 6) is 0. The van der Waals surface area contributed by atoms with Crippen molar-refractivity contribution < 1.29 is 4.90 Å². The van der Waals surface area contributed by atoms with Gasteiger partial charge in [-0.25, -0.2) is 0 Å². The molecule has 1 aliphatic heterocycles. The number of nitrogens with one attached hydrogen (secondary N) is 1. The first-order valence-corrected chi connectivity index (χ1v) is 7.24. The normalized spacial score (nSPS) is 17.9. The molecule has 2 rings (SSSR count). The van der Waals surface area contributed by atoms with E-state index in [0.717, 1.165) is 13.1 Å². The van der Waals surface area contributed by atoms with Gasteiger partial charge in [-0.2, -0.15) is 5.10 Å². The van der Waals surface area contributed by atoms with Gasteiger partial charge in [0.1, 0.15) is 0 Å². The SMILES string of the molecule is CSc1ccc(/C=N\N2CC[NH+](C)CC2)cc1. The van der Waals surface area contributed by atoms with Crippen molar-refractivity contribution in [3.63, 3.8) is 0 Å². The number of quaternary nitrogens is 1. The standard InChI is InChI=1S/C13H19N3S/c1-15-7-9-16(10-8-15)14-11-12-3-5-13(17-2)6-4-12/h3-6,11H,7-10H2,1-2H3/p+1/b14-11-. The molecular weight excluding hydrogens is 230 g/mol. The Balaban J connectivity index is 1.90. The number of hydrazone groups is 1. The second-order valence-corrected chi connectivity index (χ2v) is 5.31. The van der Waals surface area contributed by atoms with Crippen LogP contribution in [-0.2, 0) is 0 Å². The highest BCUT2D eigenvalue weighted by Crippen LogP contribution is 2.13. The molecule has 4 heteroatoms. The molecule has 1 heterocycles. The van der Waals surface area contributed by atoms with Crippen LogP contribution in [0.2, 0.25) is 0 Å². The van der Waals surface area contributed by atoms with Gasteiger partial charge in [0.15, 0.2) is 0 Å². The van der Waals surface area contributed by atoms with Gasteiger partial charge in [-0.05, 0) is 24.0 Å². The molecule has 1 aliphatic rings. The van der Waals surface area contributed by atoms with Gasteiger partial charge < -0.3 is 4.90 Å². The summed E-state index contributed by atoms with van der Waals surface area (Å²) >= 11 is 1.77. The zero-order valence-corrected chi connectivity index (χ0v) is 11.3. The molecule has 0 spiro atoms. The number of thioether (sulfide) groups is 1. The fourth-order valence-electron chi connectivity index (χ4n) is 1.83. The average Bonchev–Trinajstić information content (AvgIpc) is 2.39. The number of likely N-dealkylation sites (N-methyl/N-ethyl adjacent to an activating group) is 1. The Hall–Kier alpha value is -1.00. The molecule has 0 aliphatic carbocycles. The van der Waals surface area contributed by atoms with Gasteiger partial charge >= 0.3 is 0 Å². The highest BCUT2D eigenvalue weighted by molar-refractivity contribution is 7.98. The highest BCUT2D eigenvalue weighted by atomic mass is 32.2. The Labute approximate surface area is 107 Å². The number of nitrogens with zero attached hydrogens (tertiary/aromatic N) is 2. The number of rotatable bonds is 3. The van der Waals surface area contributed by atoms with E-state index in [4.69, 9.17) is 0 Å². The van der Waals surface area contributed by atoms with Crippen LogP contribution in [0.5, 0.6) is 0 Å². The average molecular weight is 250 g/mol. The zero-order valence-electron chi connectivity index (χ0n) is 10.5. The lowest BCUT2D eigenvalue weighted by atomic mass is 10.2. The molecular formula is C13H20N3S+. The summed E-state index contributed by atoms with van der Waals surface area (Å²) in [4.78, 5) is 2.89. The molecule has 0 amide bonds. The first kappa shape index (κ1) is 12.5. The maximum atomic E-state index is 4.53. The van der Waals surface area contributed by atoms with Crippen molar-refractivity contribution in [2.75, 3.05) is 39.5 Å². The van der Waals surface area contributed by atoms with Gasteiger partial charge in [-0.3, -0.25) is 5.01 Å². The molecule has 3 nitrogen and oxygen atoms in total. The molecule has 0 atom stereocenters. The van der Waals surface area contributed by atoms with Crippen LogP contribution in [0.15, 0.2) is 34.3 Å². The van der Waals surface area contributed by atoms with E-state index in [2.05, 4.69) is 47.7 Å². The van der Waals surface area contributed by atoms with Crippen molar-refractivity contribution in [2.24, 2.45) is 5.10 Å². The number of piperazine rings is 1. The lowest BCUT2D eigenvalue weighted by molar-refractivity contribution is -0.884. The Bertz CT molecular complexity index is 367. The molecule has 0 bridgehead atoms. The van der Waals surface area contributed by atoms with Crippen molar-refractivity contribution in [1.82, 2.24) is 5.01 Å². The van der Waals surface area contributed by atoms with Crippen LogP contribution >= 0.6 is 11.8 Å². The molecule has 0 radical (unpaired) electrons. The zero-order chi connectivity index (χ0) is 12.1. The van der Waals surface area contributed by atoms with Crippen LogP contribution in [0.3, 0.4) is 0 Å². The van der Waals surface area contributed by atoms with Gasteiger partial charge in [-0.1, -0.05) is 12.1 Å². The molecule has 1 fully saturated rings. The monoisotopic (exact) mass is 250 g/mol. The van der Waals surface area contributed by atoms with Gasteiger partial charge in [0.25, 0.3) is 0 Å². The van der Waals surface area contributed by atoms with Crippen molar-refractivity contribution in [1.29, 1.82) is 0 Å². The maximum absolute atomic E-state index is 4.53. The number of hydrogen-bond acceptors (Lipinski definition) is 3. The van der Waals surface area contributed by atoms with E-state index in [1.165, 1.54) is 23.5 Å². The van der Waals surface area contributed by atoms with Crippen LogP contribution in [0.1, 0.15) is 5.56 Å². The lowest BCUT2D eigenvalue weighted by Crippen LogP contribution is -3.11. The molecule has 92 valence electrons. The number of hydrogen-bond donors (Lipinski definition) is 1. The minimum absolute atomic E-state index is 1.06. The second-order valence-electron chi connectivity index (χ2n) is 4.43. The molecule has 0 saturated carbocycles. The smallest absolute Gasteiger partial charge is 0.0964 e. The first-order chi connectivity index (χ1) is 8.28. The summed E-state index contributed by atoms with van der Waals surface area (Å²) < 4.78 is 0. The highest BCUT2D eigenvalue weighted by Gasteiger charge is 2.13. The minimum atomic E-state index is 1.06. The van der Waals surface area contributed by atoms with E-state index in [1.807, 2.05) is 6.21 Å². The minimum Gasteiger partial charge on any atom is -0.334 e. The molecule has 1 N–H and O–H groups in total.